The number of fused-ring (bicyclic) bond motifs is 4. The summed E-state index contributed by atoms with van der Waals surface area (Å²) in [7, 11) is 0. The Hall–Kier alpha value is -3.81. The Bertz CT molecular complexity index is 1520. The molecule has 1 atom stereocenters. The van der Waals surface area contributed by atoms with Gasteiger partial charge in [-0.15, -0.1) is 10.2 Å². The number of amides is 1. The van der Waals surface area contributed by atoms with Crippen LogP contribution in [0.15, 0.2) is 48.7 Å². The van der Waals surface area contributed by atoms with E-state index < -0.39 is 0 Å². The maximum atomic E-state index is 13.3. The first-order chi connectivity index (χ1) is 16.1. The van der Waals surface area contributed by atoms with Crippen LogP contribution in [0.1, 0.15) is 48.1 Å². The molecule has 1 aliphatic rings. The fraction of sp³-hybridized carbons (Fsp3) is 0.320. The summed E-state index contributed by atoms with van der Waals surface area (Å²) in [5.74, 6) is 0.991. The second kappa shape index (κ2) is 7.65. The number of carbonyl (C=O) groups is 1. The number of hydrogen-bond donors (Lipinski definition) is 0. The Morgan fingerprint density at radius 3 is 2.85 bits per heavy atom. The number of rotatable bonds is 4. The summed E-state index contributed by atoms with van der Waals surface area (Å²) in [6, 6.07) is 13.9. The molecule has 1 amide bonds. The molecule has 6 rings (SSSR count). The summed E-state index contributed by atoms with van der Waals surface area (Å²) in [5, 5.41) is 14.5. The van der Waals surface area contributed by atoms with Crippen molar-refractivity contribution in [1.82, 2.24) is 34.1 Å². The number of aryl methyl sites for hydroxylation is 2. The van der Waals surface area contributed by atoms with Crippen molar-refractivity contribution in [2.45, 2.75) is 45.6 Å². The first-order valence-electron chi connectivity index (χ1n) is 11.4. The van der Waals surface area contributed by atoms with Crippen LogP contribution in [0.4, 0.5) is 0 Å². The highest BCUT2D eigenvalue weighted by Gasteiger charge is 2.33. The van der Waals surface area contributed by atoms with E-state index in [0.717, 1.165) is 64.4 Å². The quantitative estimate of drug-likeness (QED) is 0.425. The van der Waals surface area contributed by atoms with Gasteiger partial charge in [-0.2, -0.15) is 5.10 Å². The molecular formula is C25H25N7O. The summed E-state index contributed by atoms with van der Waals surface area (Å²) in [6.07, 6.45) is 4.92. The van der Waals surface area contributed by atoms with Crippen LogP contribution in [0.3, 0.4) is 0 Å². The van der Waals surface area contributed by atoms with Crippen LogP contribution in [0, 0.1) is 13.8 Å². The van der Waals surface area contributed by atoms with E-state index in [1.165, 1.54) is 0 Å². The lowest BCUT2D eigenvalue weighted by Crippen LogP contribution is -2.31. The van der Waals surface area contributed by atoms with E-state index in [9.17, 15) is 4.79 Å². The van der Waals surface area contributed by atoms with Crippen molar-refractivity contribution in [3.05, 3.63) is 71.4 Å². The van der Waals surface area contributed by atoms with E-state index >= 15 is 0 Å². The maximum Gasteiger partial charge on any atom is 0.223 e. The fourth-order valence-electron chi connectivity index (χ4n) is 5.13. The van der Waals surface area contributed by atoms with E-state index in [0.29, 0.717) is 12.8 Å². The normalized spacial score (nSPS) is 16.4. The van der Waals surface area contributed by atoms with Crippen molar-refractivity contribution in [3.63, 3.8) is 0 Å². The van der Waals surface area contributed by atoms with Crippen LogP contribution >= 0.6 is 0 Å². The first kappa shape index (κ1) is 19.8. The Labute approximate surface area is 190 Å². The molecule has 0 spiro atoms. The molecule has 4 aromatic heterocycles. The van der Waals surface area contributed by atoms with Crippen LogP contribution in [0.25, 0.3) is 22.2 Å². The van der Waals surface area contributed by atoms with E-state index in [2.05, 4.69) is 23.2 Å². The summed E-state index contributed by atoms with van der Waals surface area (Å²) in [5.41, 5.74) is 5.70. The van der Waals surface area contributed by atoms with Gasteiger partial charge in [0.2, 0.25) is 5.91 Å². The van der Waals surface area contributed by atoms with Gasteiger partial charge in [0.05, 0.1) is 11.6 Å². The van der Waals surface area contributed by atoms with Gasteiger partial charge in [-0.25, -0.2) is 9.50 Å². The van der Waals surface area contributed by atoms with Crippen molar-refractivity contribution >= 4 is 28.1 Å². The van der Waals surface area contributed by atoms with E-state index in [1.54, 1.807) is 0 Å². The zero-order chi connectivity index (χ0) is 22.5. The minimum Gasteiger partial charge on any atom is -0.332 e. The molecule has 0 radical (unpaired) electrons. The lowest BCUT2D eigenvalue weighted by Gasteiger charge is -2.24. The maximum absolute atomic E-state index is 13.3. The van der Waals surface area contributed by atoms with Gasteiger partial charge in [0, 0.05) is 35.9 Å². The third-order valence-electron chi connectivity index (χ3n) is 6.82. The zero-order valence-electron chi connectivity index (χ0n) is 18.8. The van der Waals surface area contributed by atoms with Crippen LogP contribution in [0.2, 0.25) is 0 Å². The van der Waals surface area contributed by atoms with Crippen LogP contribution in [0.5, 0.6) is 0 Å². The van der Waals surface area contributed by atoms with Gasteiger partial charge < -0.3 is 4.90 Å². The average molecular weight is 440 g/mol. The highest BCUT2D eigenvalue weighted by molar-refractivity contribution is 5.92. The molecule has 5 aromatic rings. The van der Waals surface area contributed by atoms with Crippen molar-refractivity contribution in [2.75, 3.05) is 6.54 Å². The third kappa shape index (κ3) is 3.16. The molecule has 1 aromatic carbocycles. The van der Waals surface area contributed by atoms with E-state index in [1.807, 2.05) is 63.3 Å². The Balaban J connectivity index is 1.26. The van der Waals surface area contributed by atoms with Gasteiger partial charge in [-0.3, -0.25) is 9.20 Å². The van der Waals surface area contributed by atoms with Gasteiger partial charge in [-0.1, -0.05) is 18.2 Å². The van der Waals surface area contributed by atoms with Crippen molar-refractivity contribution in [1.29, 1.82) is 0 Å². The molecule has 0 unspecified atom stereocenters. The largest absolute Gasteiger partial charge is 0.332 e. The number of pyridine rings is 1. The SMILES string of the molecule is Cc1nc2c3ccccc3nn2c(C)c1CCC(=O)N1CCC[C@H]1c1nnc2ccccn12. The summed E-state index contributed by atoms with van der Waals surface area (Å²) < 4.78 is 3.91. The lowest BCUT2D eigenvalue weighted by molar-refractivity contribution is -0.132. The molecular weight excluding hydrogens is 414 g/mol. The van der Waals surface area contributed by atoms with Gasteiger partial charge in [0.1, 0.15) is 0 Å². The number of carbonyl (C=O) groups excluding carboxylic acids is 1. The summed E-state index contributed by atoms with van der Waals surface area (Å²) in [4.78, 5) is 20.1. The molecule has 0 saturated carbocycles. The minimum absolute atomic E-state index is 0.0332. The summed E-state index contributed by atoms with van der Waals surface area (Å²) >= 11 is 0. The first-order valence-corrected chi connectivity index (χ1v) is 11.4. The number of nitrogens with zero attached hydrogens (tertiary/aromatic N) is 7. The second-order valence-corrected chi connectivity index (χ2v) is 8.75. The Kier molecular flexibility index (Phi) is 4.60. The highest BCUT2D eigenvalue weighted by Crippen LogP contribution is 2.32. The predicted octanol–water partition coefficient (Wildman–Crippen LogP) is 3.84. The van der Waals surface area contributed by atoms with Crippen molar-refractivity contribution < 1.29 is 4.79 Å². The van der Waals surface area contributed by atoms with Gasteiger partial charge in [0.15, 0.2) is 17.1 Å². The van der Waals surface area contributed by atoms with E-state index in [-0.39, 0.29) is 11.9 Å². The average Bonchev–Trinajstić information content (AvgIpc) is 3.55. The number of hydrogen-bond acceptors (Lipinski definition) is 5. The third-order valence-corrected chi connectivity index (χ3v) is 6.82. The molecule has 0 N–H and O–H groups in total. The second-order valence-electron chi connectivity index (χ2n) is 8.75. The monoisotopic (exact) mass is 439 g/mol. The molecule has 0 bridgehead atoms. The molecule has 8 heteroatoms. The zero-order valence-corrected chi connectivity index (χ0v) is 18.8. The lowest BCUT2D eigenvalue weighted by atomic mass is 10.1. The topological polar surface area (TPSA) is 80.7 Å². The van der Waals surface area contributed by atoms with Crippen molar-refractivity contribution in [2.24, 2.45) is 0 Å². The number of aromatic nitrogens is 6. The predicted molar refractivity (Wildman–Crippen MR) is 125 cm³/mol. The molecule has 0 aliphatic carbocycles. The smallest absolute Gasteiger partial charge is 0.223 e. The van der Waals surface area contributed by atoms with Crippen LogP contribution in [-0.2, 0) is 11.2 Å². The Morgan fingerprint density at radius 2 is 1.94 bits per heavy atom. The van der Waals surface area contributed by atoms with Crippen LogP contribution in [-0.4, -0.2) is 46.5 Å². The molecule has 166 valence electrons. The summed E-state index contributed by atoms with van der Waals surface area (Å²) in [6.45, 7) is 4.84. The molecule has 1 aliphatic heterocycles. The number of benzene rings is 1. The Morgan fingerprint density at radius 1 is 1.09 bits per heavy atom. The number of likely N-dealkylation sites (tertiary alicyclic amines) is 1. The van der Waals surface area contributed by atoms with Crippen molar-refractivity contribution in [3.8, 4) is 0 Å². The standard InChI is InChI=1S/C25H25N7O/c1-16-18(17(2)32-24(26-16)19-8-3-4-9-20(19)29-32)12-13-23(33)30-15-7-10-21(30)25-28-27-22-11-5-6-14-31(22)25/h3-6,8-9,11,14,21H,7,10,12-13,15H2,1-2H3/t21-/m0/s1. The molecule has 33 heavy (non-hydrogen) atoms. The van der Waals surface area contributed by atoms with E-state index in [4.69, 9.17) is 10.1 Å². The van der Waals surface area contributed by atoms with Crippen LogP contribution < -0.4 is 0 Å². The van der Waals surface area contributed by atoms with Gasteiger partial charge in [-0.05, 0) is 62.9 Å². The molecule has 5 heterocycles. The molecule has 1 fully saturated rings. The fourth-order valence-corrected chi connectivity index (χ4v) is 5.13. The van der Waals surface area contributed by atoms with Gasteiger partial charge in [0.25, 0.3) is 0 Å². The van der Waals surface area contributed by atoms with Gasteiger partial charge >= 0.3 is 0 Å². The highest BCUT2D eigenvalue weighted by atomic mass is 16.2. The molecule has 8 nitrogen and oxygen atoms in total. The minimum atomic E-state index is -0.0332. The molecule has 1 saturated heterocycles.